The maximum Gasteiger partial charge on any atom is 0.323 e. The minimum Gasteiger partial charge on any atom is -0.484 e. The number of hydrogen-bond donors (Lipinski definition) is 3. The zero-order chi connectivity index (χ0) is 28.0. The number of aromatic amines is 1. The van der Waals surface area contributed by atoms with Crippen LogP contribution >= 0.6 is 23.1 Å². The van der Waals surface area contributed by atoms with Gasteiger partial charge in [0.1, 0.15) is 17.5 Å². The van der Waals surface area contributed by atoms with Crippen molar-refractivity contribution in [1.82, 2.24) is 9.88 Å². The van der Waals surface area contributed by atoms with Gasteiger partial charge in [0.05, 0.1) is 10.9 Å². The minimum atomic E-state index is -1.29. The van der Waals surface area contributed by atoms with E-state index in [4.69, 9.17) is 4.74 Å². The Labute approximate surface area is 235 Å². The Morgan fingerprint density at radius 2 is 1.77 bits per heavy atom. The van der Waals surface area contributed by atoms with Crippen LogP contribution in [-0.2, 0) is 19.2 Å². The number of carbonyl (C=O) groups excluding carboxylic acids is 3. The molecule has 4 aromatic rings. The first-order chi connectivity index (χ1) is 19.3. The fourth-order valence-corrected chi connectivity index (χ4v) is 7.67. The van der Waals surface area contributed by atoms with Crippen molar-refractivity contribution < 1.29 is 29.0 Å². The van der Waals surface area contributed by atoms with Gasteiger partial charge in [-0.15, -0.1) is 0 Å². The number of thioether (sulfide) groups is 1. The molecule has 3 amide bonds. The highest BCUT2D eigenvalue weighted by molar-refractivity contribution is 8.00. The Morgan fingerprint density at radius 3 is 2.58 bits per heavy atom. The van der Waals surface area contributed by atoms with Crippen LogP contribution in [0.3, 0.4) is 0 Å². The number of H-pyrrole nitrogens is 1. The Bertz CT molecular complexity index is 1750. The van der Waals surface area contributed by atoms with E-state index in [9.17, 15) is 29.1 Å². The van der Waals surface area contributed by atoms with Crippen molar-refractivity contribution in [1.29, 1.82) is 0 Å². The molecule has 40 heavy (non-hydrogen) atoms. The van der Waals surface area contributed by atoms with E-state index in [1.54, 1.807) is 24.3 Å². The summed E-state index contributed by atoms with van der Waals surface area (Å²) >= 11 is 2.03. The lowest BCUT2D eigenvalue weighted by atomic mass is 9.83. The number of likely N-dealkylation sites (tertiary alicyclic amines) is 1. The maximum absolute atomic E-state index is 13.3. The lowest BCUT2D eigenvalue weighted by molar-refractivity contribution is -0.149. The van der Waals surface area contributed by atoms with Crippen LogP contribution in [-0.4, -0.2) is 57.1 Å². The summed E-state index contributed by atoms with van der Waals surface area (Å²) in [5.41, 5.74) is 1.24. The molecule has 2 unspecified atom stereocenters. The van der Waals surface area contributed by atoms with Crippen molar-refractivity contribution in [3.63, 3.8) is 0 Å². The molecule has 0 saturated carbocycles. The highest BCUT2D eigenvalue weighted by Crippen LogP contribution is 2.52. The number of benzene rings is 3. The van der Waals surface area contributed by atoms with Crippen LogP contribution in [0.25, 0.3) is 10.8 Å². The second-order valence-corrected chi connectivity index (χ2v) is 11.5. The molecule has 3 N–H and O–H groups in total. The van der Waals surface area contributed by atoms with Crippen molar-refractivity contribution in [3.05, 3.63) is 86.8 Å². The van der Waals surface area contributed by atoms with Gasteiger partial charge in [-0.3, -0.25) is 28.9 Å². The summed E-state index contributed by atoms with van der Waals surface area (Å²) < 4.78 is 5.76. The molecule has 10 nitrogen and oxygen atoms in total. The Hall–Kier alpha value is -4.42. The number of rotatable bonds is 7. The summed E-state index contributed by atoms with van der Waals surface area (Å²) in [5.74, 6) is -4.03. The van der Waals surface area contributed by atoms with Gasteiger partial charge in [0.25, 0.3) is 5.91 Å². The lowest BCUT2D eigenvalue weighted by Crippen LogP contribution is -2.36. The molecule has 1 aromatic heterocycles. The van der Waals surface area contributed by atoms with Gasteiger partial charge >= 0.3 is 10.8 Å². The third kappa shape index (κ3) is 4.75. The van der Waals surface area contributed by atoms with Gasteiger partial charge in [-0.25, -0.2) is 0 Å². The summed E-state index contributed by atoms with van der Waals surface area (Å²) in [6, 6.07) is 20.2. The Kier molecular flexibility index (Phi) is 6.64. The molecule has 0 radical (unpaired) electrons. The van der Waals surface area contributed by atoms with E-state index in [2.05, 4.69) is 10.3 Å². The SMILES string of the molecule is O=C(O)CN1C(=O)C2Sc3[nH]c(=O)sc3[C@@H](c3cccc(OCC(=O)Nc4ccc5ccccc5c4)c3)C2C1=O. The van der Waals surface area contributed by atoms with Crippen LogP contribution < -0.4 is 14.9 Å². The van der Waals surface area contributed by atoms with E-state index in [0.717, 1.165) is 38.8 Å². The molecule has 1 fully saturated rings. The number of carboxylic acid groups (broad SMARTS) is 1. The van der Waals surface area contributed by atoms with E-state index in [1.165, 1.54) is 0 Å². The average molecular weight is 576 g/mol. The first-order valence-electron chi connectivity index (χ1n) is 12.3. The van der Waals surface area contributed by atoms with Crippen LogP contribution in [0.2, 0.25) is 0 Å². The van der Waals surface area contributed by atoms with E-state index < -0.39 is 41.4 Å². The molecule has 12 heteroatoms. The molecule has 0 bridgehead atoms. The van der Waals surface area contributed by atoms with Crippen LogP contribution in [0.15, 0.2) is 76.6 Å². The number of imide groups is 1. The zero-order valence-electron chi connectivity index (χ0n) is 20.7. The molecular weight excluding hydrogens is 554 g/mol. The molecular formula is C28H21N3O7S2. The highest BCUT2D eigenvalue weighted by Gasteiger charge is 2.56. The maximum atomic E-state index is 13.3. The number of aromatic nitrogens is 1. The van der Waals surface area contributed by atoms with Crippen molar-refractivity contribution in [2.45, 2.75) is 16.2 Å². The van der Waals surface area contributed by atoms with Gasteiger partial charge in [-0.05, 0) is 40.6 Å². The Balaban J connectivity index is 1.23. The van der Waals surface area contributed by atoms with Gasteiger partial charge in [0, 0.05) is 16.5 Å². The van der Waals surface area contributed by atoms with Crippen LogP contribution in [0, 0.1) is 5.92 Å². The van der Waals surface area contributed by atoms with Crippen LogP contribution in [0.4, 0.5) is 5.69 Å². The number of carbonyl (C=O) groups is 4. The summed E-state index contributed by atoms with van der Waals surface area (Å²) in [6.07, 6.45) is 0. The van der Waals surface area contributed by atoms with Crippen LogP contribution in [0.1, 0.15) is 16.4 Å². The summed E-state index contributed by atoms with van der Waals surface area (Å²) in [7, 11) is 0. The molecule has 0 spiro atoms. The number of amides is 3. The molecule has 3 atom stereocenters. The van der Waals surface area contributed by atoms with E-state index in [0.29, 0.717) is 26.9 Å². The predicted octanol–water partition coefficient (Wildman–Crippen LogP) is 3.28. The van der Waals surface area contributed by atoms with E-state index in [1.807, 2.05) is 42.5 Å². The lowest BCUT2D eigenvalue weighted by Gasteiger charge is -2.30. The predicted molar refractivity (Wildman–Crippen MR) is 149 cm³/mol. The number of thiazole rings is 1. The molecule has 3 heterocycles. The van der Waals surface area contributed by atoms with E-state index in [-0.39, 0.29) is 17.4 Å². The number of aliphatic carboxylic acids is 1. The van der Waals surface area contributed by atoms with E-state index >= 15 is 0 Å². The standard InChI is InChI=1S/C28H21N3O7S2/c32-19(29-17-9-8-14-4-1-2-5-15(14)10-17)13-38-18-7-3-6-16(11-18)21-22-24(39-25-23(21)40-28(37)30-25)27(36)31(26(22)35)12-20(33)34/h1-11,21-22,24H,12-13H2,(H,29,32)(H,30,37)(H,33,34)/t21-,22?,24?/m0/s1. The largest absolute Gasteiger partial charge is 0.484 e. The Morgan fingerprint density at radius 1 is 0.975 bits per heavy atom. The number of nitrogens with zero attached hydrogens (tertiary/aromatic N) is 1. The van der Waals surface area contributed by atoms with Crippen molar-refractivity contribution in [2.24, 2.45) is 5.92 Å². The molecule has 2 aliphatic heterocycles. The summed E-state index contributed by atoms with van der Waals surface area (Å²) in [6.45, 7) is -0.993. The second kappa shape index (κ2) is 10.3. The molecule has 3 aromatic carbocycles. The summed E-state index contributed by atoms with van der Waals surface area (Å²) in [5, 5.41) is 13.7. The fourth-order valence-electron chi connectivity index (χ4n) is 5.14. The number of carboxylic acids is 1. The molecule has 0 aliphatic carbocycles. The average Bonchev–Trinajstić information content (AvgIpc) is 3.42. The van der Waals surface area contributed by atoms with Gasteiger partial charge < -0.3 is 20.1 Å². The van der Waals surface area contributed by atoms with Gasteiger partial charge in [0.15, 0.2) is 6.61 Å². The van der Waals surface area contributed by atoms with Crippen molar-refractivity contribution >= 4 is 63.2 Å². The first kappa shape index (κ1) is 25.8. The van der Waals surface area contributed by atoms with Crippen molar-refractivity contribution in [3.8, 4) is 5.75 Å². The highest BCUT2D eigenvalue weighted by atomic mass is 32.2. The number of ether oxygens (including phenoxy) is 1. The smallest absolute Gasteiger partial charge is 0.323 e. The van der Waals surface area contributed by atoms with Crippen molar-refractivity contribution in [2.75, 3.05) is 18.5 Å². The van der Waals surface area contributed by atoms with Gasteiger partial charge in [-0.1, -0.05) is 65.6 Å². The number of hydrogen-bond acceptors (Lipinski definition) is 8. The van der Waals surface area contributed by atoms with Gasteiger partial charge in [0.2, 0.25) is 11.8 Å². The summed E-state index contributed by atoms with van der Waals surface area (Å²) in [4.78, 5) is 66.2. The van der Waals surface area contributed by atoms with Gasteiger partial charge in [-0.2, -0.15) is 0 Å². The normalized spacial score (nSPS) is 19.8. The monoisotopic (exact) mass is 575 g/mol. The quantitative estimate of drug-likeness (QED) is 0.285. The topological polar surface area (TPSA) is 146 Å². The number of fused-ring (bicyclic) bond motifs is 3. The molecule has 6 rings (SSSR count). The first-order valence-corrected chi connectivity index (χ1v) is 14.0. The second-order valence-electron chi connectivity index (χ2n) is 9.38. The minimum absolute atomic E-state index is 0.268. The molecule has 2 aliphatic rings. The fraction of sp³-hybridized carbons (Fsp3) is 0.179. The zero-order valence-corrected chi connectivity index (χ0v) is 22.3. The molecule has 1 saturated heterocycles. The third-order valence-corrected chi connectivity index (χ3v) is 9.23. The number of anilines is 1. The van der Waals surface area contributed by atoms with Crippen LogP contribution in [0.5, 0.6) is 5.75 Å². The number of nitrogens with one attached hydrogen (secondary N) is 2. The third-order valence-electron chi connectivity index (χ3n) is 6.83. The molecule has 202 valence electrons.